The lowest BCUT2D eigenvalue weighted by molar-refractivity contribution is 0.0151. The maximum atomic E-state index is 11.0. The average Bonchev–Trinajstić information content (AvgIpc) is 2.65. The van der Waals surface area contributed by atoms with Gasteiger partial charge in [-0.2, -0.15) is 0 Å². The van der Waals surface area contributed by atoms with Gasteiger partial charge in [-0.05, 0) is 55.2 Å². The Labute approximate surface area is 147 Å². The normalized spacial score (nSPS) is 13.4. The first-order valence-electron chi connectivity index (χ1n) is 9.52. The average molecular weight is 337 g/mol. The third-order valence-electron chi connectivity index (χ3n) is 6.05. The predicted molar refractivity (Wildman–Crippen MR) is 99.9 cm³/mol. The molecular weight excluding hydrogens is 300 g/mol. The topological polar surface area (TPSA) is 60.7 Å². The first kappa shape index (κ1) is 21.1. The zero-order chi connectivity index (χ0) is 18.6. The molecule has 0 saturated carbocycles. The standard InChI is InChI=1S/C21H36O3/c1-7-19(22,8-2)16-13-17(20(23,9-3)10-4)15-18(14-16)21(24,11-5)12-6/h13-15,22-24H,7-12H2,1-6H3. The number of rotatable bonds is 9. The fraction of sp³-hybridized carbons (Fsp3) is 0.714. The second-order valence-electron chi connectivity index (χ2n) is 7.02. The van der Waals surface area contributed by atoms with Gasteiger partial charge in [0.15, 0.2) is 0 Å². The van der Waals surface area contributed by atoms with Crippen molar-refractivity contribution in [3.63, 3.8) is 0 Å². The van der Waals surface area contributed by atoms with E-state index < -0.39 is 16.8 Å². The van der Waals surface area contributed by atoms with Crippen molar-refractivity contribution in [2.45, 2.75) is 96.9 Å². The Balaban J connectivity index is 3.69. The Morgan fingerprint density at radius 2 is 0.667 bits per heavy atom. The van der Waals surface area contributed by atoms with E-state index >= 15 is 0 Å². The lowest BCUT2D eigenvalue weighted by Crippen LogP contribution is -2.31. The number of hydrogen-bond donors (Lipinski definition) is 3. The third-order valence-corrected chi connectivity index (χ3v) is 6.05. The monoisotopic (exact) mass is 336 g/mol. The van der Waals surface area contributed by atoms with E-state index in [-0.39, 0.29) is 0 Å². The van der Waals surface area contributed by atoms with Crippen molar-refractivity contribution in [2.24, 2.45) is 0 Å². The Hall–Kier alpha value is -0.900. The minimum atomic E-state index is -0.935. The van der Waals surface area contributed by atoms with E-state index in [1.165, 1.54) is 0 Å². The summed E-state index contributed by atoms with van der Waals surface area (Å²) in [5, 5.41) is 33.0. The lowest BCUT2D eigenvalue weighted by Gasteiger charge is -2.34. The minimum absolute atomic E-state index is 0.597. The summed E-state index contributed by atoms with van der Waals surface area (Å²) in [4.78, 5) is 0. The van der Waals surface area contributed by atoms with E-state index in [0.29, 0.717) is 38.5 Å². The van der Waals surface area contributed by atoms with Crippen LogP contribution in [0, 0.1) is 0 Å². The second-order valence-corrected chi connectivity index (χ2v) is 7.02. The van der Waals surface area contributed by atoms with Gasteiger partial charge in [-0.3, -0.25) is 0 Å². The van der Waals surface area contributed by atoms with E-state index in [1.807, 2.05) is 59.7 Å². The molecule has 0 aliphatic heterocycles. The summed E-state index contributed by atoms with van der Waals surface area (Å²) in [6, 6.07) is 5.78. The van der Waals surface area contributed by atoms with Crippen molar-refractivity contribution in [1.82, 2.24) is 0 Å². The Morgan fingerprint density at radius 3 is 0.792 bits per heavy atom. The van der Waals surface area contributed by atoms with Crippen molar-refractivity contribution < 1.29 is 15.3 Å². The van der Waals surface area contributed by atoms with Crippen LogP contribution in [0.25, 0.3) is 0 Å². The van der Waals surface area contributed by atoms with Gasteiger partial charge < -0.3 is 15.3 Å². The molecule has 24 heavy (non-hydrogen) atoms. The molecule has 0 atom stereocenters. The summed E-state index contributed by atoms with van der Waals surface area (Å²) >= 11 is 0. The molecule has 138 valence electrons. The SMILES string of the molecule is CCC(O)(CC)c1cc(C(O)(CC)CC)cc(C(O)(CC)CC)c1. The Bertz CT molecular complexity index is 435. The maximum absolute atomic E-state index is 11.0. The van der Waals surface area contributed by atoms with Crippen LogP contribution in [0.1, 0.15) is 96.8 Å². The number of aliphatic hydroxyl groups is 3. The van der Waals surface area contributed by atoms with Crippen LogP contribution in [-0.4, -0.2) is 15.3 Å². The van der Waals surface area contributed by atoms with Gasteiger partial charge in [0, 0.05) is 0 Å². The molecule has 1 aromatic rings. The first-order valence-corrected chi connectivity index (χ1v) is 9.52. The van der Waals surface area contributed by atoms with Crippen LogP contribution in [0.3, 0.4) is 0 Å². The van der Waals surface area contributed by atoms with Crippen LogP contribution in [-0.2, 0) is 16.8 Å². The molecule has 0 unspecified atom stereocenters. The summed E-state index contributed by atoms with van der Waals surface area (Å²) in [6.45, 7) is 11.8. The molecule has 0 fully saturated rings. The smallest absolute Gasteiger partial charge is 0.0891 e. The quantitative estimate of drug-likeness (QED) is 0.612. The van der Waals surface area contributed by atoms with Crippen LogP contribution in [0.5, 0.6) is 0 Å². The van der Waals surface area contributed by atoms with Gasteiger partial charge in [-0.15, -0.1) is 0 Å². The molecule has 3 nitrogen and oxygen atoms in total. The number of hydrogen-bond acceptors (Lipinski definition) is 3. The summed E-state index contributed by atoms with van der Waals surface area (Å²) in [5.41, 5.74) is -0.428. The van der Waals surface area contributed by atoms with Gasteiger partial charge in [0.2, 0.25) is 0 Å². The highest BCUT2D eigenvalue weighted by atomic mass is 16.3. The Kier molecular flexibility index (Phi) is 7.04. The van der Waals surface area contributed by atoms with Crippen molar-refractivity contribution >= 4 is 0 Å². The highest BCUT2D eigenvalue weighted by molar-refractivity contribution is 5.39. The summed E-state index contributed by atoms with van der Waals surface area (Å²) in [6.07, 6.45) is 3.58. The van der Waals surface area contributed by atoms with Crippen LogP contribution >= 0.6 is 0 Å². The van der Waals surface area contributed by atoms with Crippen LogP contribution in [0.15, 0.2) is 18.2 Å². The molecule has 0 aliphatic carbocycles. The summed E-state index contributed by atoms with van der Waals surface area (Å²) in [5.74, 6) is 0. The fourth-order valence-electron chi connectivity index (χ4n) is 3.41. The molecule has 3 N–H and O–H groups in total. The first-order chi connectivity index (χ1) is 11.2. The minimum Gasteiger partial charge on any atom is -0.385 e. The molecule has 1 aromatic carbocycles. The molecule has 0 aliphatic rings. The molecule has 0 bridgehead atoms. The molecule has 0 saturated heterocycles. The zero-order valence-corrected chi connectivity index (χ0v) is 16.3. The van der Waals surface area contributed by atoms with E-state index in [0.717, 1.165) is 16.7 Å². The molecule has 0 radical (unpaired) electrons. The molecule has 0 heterocycles. The van der Waals surface area contributed by atoms with Crippen LogP contribution in [0.2, 0.25) is 0 Å². The van der Waals surface area contributed by atoms with E-state index in [1.54, 1.807) is 0 Å². The zero-order valence-electron chi connectivity index (χ0n) is 16.3. The second kappa shape index (κ2) is 7.99. The largest absolute Gasteiger partial charge is 0.385 e. The maximum Gasteiger partial charge on any atom is 0.0891 e. The van der Waals surface area contributed by atoms with Gasteiger partial charge in [0.25, 0.3) is 0 Å². The lowest BCUT2D eigenvalue weighted by atomic mass is 9.78. The fourth-order valence-corrected chi connectivity index (χ4v) is 3.41. The number of benzene rings is 1. The van der Waals surface area contributed by atoms with Crippen molar-refractivity contribution in [3.05, 3.63) is 34.9 Å². The summed E-state index contributed by atoms with van der Waals surface area (Å²) in [7, 11) is 0. The highest BCUT2D eigenvalue weighted by Gasteiger charge is 2.34. The van der Waals surface area contributed by atoms with Gasteiger partial charge in [0.05, 0.1) is 16.8 Å². The van der Waals surface area contributed by atoms with Gasteiger partial charge in [-0.1, -0.05) is 59.7 Å². The van der Waals surface area contributed by atoms with E-state index in [2.05, 4.69) is 0 Å². The molecule has 0 amide bonds. The van der Waals surface area contributed by atoms with E-state index in [9.17, 15) is 15.3 Å². The molecular formula is C21H36O3. The van der Waals surface area contributed by atoms with E-state index in [4.69, 9.17) is 0 Å². The molecule has 0 spiro atoms. The molecule has 1 rings (SSSR count). The molecule has 3 heteroatoms. The Morgan fingerprint density at radius 1 is 0.500 bits per heavy atom. The van der Waals surface area contributed by atoms with Gasteiger partial charge in [-0.25, -0.2) is 0 Å². The van der Waals surface area contributed by atoms with Crippen LogP contribution in [0.4, 0.5) is 0 Å². The van der Waals surface area contributed by atoms with Gasteiger partial charge >= 0.3 is 0 Å². The highest BCUT2D eigenvalue weighted by Crippen LogP contribution is 2.39. The summed E-state index contributed by atoms with van der Waals surface area (Å²) < 4.78 is 0. The predicted octanol–water partition coefficient (Wildman–Crippen LogP) is 4.71. The van der Waals surface area contributed by atoms with Gasteiger partial charge in [0.1, 0.15) is 0 Å². The third kappa shape index (κ3) is 3.84. The van der Waals surface area contributed by atoms with Crippen molar-refractivity contribution in [3.8, 4) is 0 Å². The molecule has 0 aromatic heterocycles. The van der Waals surface area contributed by atoms with Crippen molar-refractivity contribution in [1.29, 1.82) is 0 Å². The van der Waals surface area contributed by atoms with Crippen LogP contribution < -0.4 is 0 Å². The van der Waals surface area contributed by atoms with Crippen molar-refractivity contribution in [2.75, 3.05) is 0 Å².